The largest absolute Gasteiger partial charge is 0.340 e. The third kappa shape index (κ3) is 5.09. The maximum Gasteiger partial charge on any atom is 0.236 e. The molecule has 1 unspecified atom stereocenters. The third-order valence-corrected chi connectivity index (χ3v) is 3.69. The minimum Gasteiger partial charge on any atom is -0.340 e. The van der Waals surface area contributed by atoms with E-state index < -0.39 is 0 Å². The minimum atomic E-state index is 0. The van der Waals surface area contributed by atoms with Crippen LogP contribution in [0.3, 0.4) is 0 Å². The van der Waals surface area contributed by atoms with Crippen molar-refractivity contribution in [3.63, 3.8) is 0 Å². The standard InChI is InChI=1S/C10H20N2OS.ClH/c1-11-7-10(13)12-6-4-3-5-9(8-12)14-2;/h9,11H,3-8H2,1-2H3;1H. The Morgan fingerprint density at radius 2 is 2.27 bits per heavy atom. The van der Waals surface area contributed by atoms with Crippen LogP contribution in [0.25, 0.3) is 0 Å². The van der Waals surface area contributed by atoms with E-state index in [-0.39, 0.29) is 18.3 Å². The molecule has 1 aliphatic heterocycles. The second-order valence-electron chi connectivity index (χ2n) is 3.72. The topological polar surface area (TPSA) is 32.3 Å². The first kappa shape index (κ1) is 15.1. The van der Waals surface area contributed by atoms with Crippen molar-refractivity contribution in [1.29, 1.82) is 0 Å². The van der Waals surface area contributed by atoms with Crippen molar-refractivity contribution in [2.75, 3.05) is 32.9 Å². The van der Waals surface area contributed by atoms with Crippen molar-refractivity contribution in [3.05, 3.63) is 0 Å². The predicted octanol–water partition coefficient (Wildman–Crippen LogP) is 1.37. The number of amides is 1. The summed E-state index contributed by atoms with van der Waals surface area (Å²) in [6.07, 6.45) is 5.81. The van der Waals surface area contributed by atoms with Crippen molar-refractivity contribution in [2.24, 2.45) is 0 Å². The van der Waals surface area contributed by atoms with Crippen LogP contribution in [0, 0.1) is 0 Å². The zero-order valence-electron chi connectivity index (χ0n) is 9.49. The first-order valence-corrected chi connectivity index (χ1v) is 6.52. The molecular weight excluding hydrogens is 232 g/mol. The molecule has 1 heterocycles. The lowest BCUT2D eigenvalue weighted by molar-refractivity contribution is -0.130. The summed E-state index contributed by atoms with van der Waals surface area (Å²) in [5.41, 5.74) is 0. The second kappa shape index (κ2) is 8.25. The number of carbonyl (C=O) groups excluding carboxylic acids is 1. The molecule has 1 amide bonds. The van der Waals surface area contributed by atoms with Crippen molar-refractivity contribution in [1.82, 2.24) is 10.2 Å². The number of nitrogens with one attached hydrogen (secondary N) is 1. The monoisotopic (exact) mass is 252 g/mol. The highest BCUT2D eigenvalue weighted by atomic mass is 35.5. The maximum atomic E-state index is 11.7. The number of thioether (sulfide) groups is 1. The molecule has 0 saturated carbocycles. The van der Waals surface area contributed by atoms with Gasteiger partial charge in [0.1, 0.15) is 0 Å². The number of nitrogens with zero attached hydrogens (tertiary/aromatic N) is 1. The van der Waals surface area contributed by atoms with Crippen molar-refractivity contribution >= 4 is 30.1 Å². The Morgan fingerprint density at radius 1 is 1.53 bits per heavy atom. The first-order valence-electron chi connectivity index (χ1n) is 5.23. The normalized spacial score (nSPS) is 21.7. The van der Waals surface area contributed by atoms with Gasteiger partial charge in [-0.3, -0.25) is 4.79 Å². The van der Waals surface area contributed by atoms with Crippen LogP contribution in [0.5, 0.6) is 0 Å². The quantitative estimate of drug-likeness (QED) is 0.824. The molecule has 15 heavy (non-hydrogen) atoms. The van der Waals surface area contributed by atoms with Gasteiger partial charge in [0, 0.05) is 18.3 Å². The fourth-order valence-corrected chi connectivity index (χ4v) is 2.52. The minimum absolute atomic E-state index is 0. The highest BCUT2D eigenvalue weighted by Crippen LogP contribution is 2.19. The molecule has 0 radical (unpaired) electrons. The summed E-state index contributed by atoms with van der Waals surface area (Å²) in [4.78, 5) is 13.7. The molecule has 0 aromatic rings. The molecule has 0 aromatic heterocycles. The Bertz CT molecular complexity index is 192. The average molecular weight is 253 g/mol. The number of likely N-dealkylation sites (tertiary alicyclic amines) is 1. The number of halogens is 1. The van der Waals surface area contributed by atoms with Gasteiger partial charge in [-0.2, -0.15) is 11.8 Å². The fraction of sp³-hybridized carbons (Fsp3) is 0.900. The highest BCUT2D eigenvalue weighted by Gasteiger charge is 2.20. The summed E-state index contributed by atoms with van der Waals surface area (Å²) >= 11 is 1.88. The van der Waals surface area contributed by atoms with Crippen LogP contribution >= 0.6 is 24.2 Å². The number of hydrogen-bond donors (Lipinski definition) is 1. The number of hydrogen-bond acceptors (Lipinski definition) is 3. The summed E-state index contributed by atoms with van der Waals surface area (Å²) in [7, 11) is 1.82. The Balaban J connectivity index is 0.00000196. The molecule has 1 aliphatic rings. The van der Waals surface area contributed by atoms with E-state index in [0.29, 0.717) is 11.8 Å². The summed E-state index contributed by atoms with van der Waals surface area (Å²) in [5.74, 6) is 0.244. The van der Waals surface area contributed by atoms with E-state index >= 15 is 0 Å². The lowest BCUT2D eigenvalue weighted by Crippen LogP contribution is -2.40. The van der Waals surface area contributed by atoms with Crippen LogP contribution in [0.2, 0.25) is 0 Å². The molecule has 1 rings (SSSR count). The smallest absolute Gasteiger partial charge is 0.236 e. The van der Waals surface area contributed by atoms with E-state index in [2.05, 4.69) is 11.6 Å². The third-order valence-electron chi connectivity index (χ3n) is 2.64. The Hall–Kier alpha value is 0.0700. The molecule has 90 valence electrons. The van der Waals surface area contributed by atoms with E-state index in [1.165, 1.54) is 12.8 Å². The van der Waals surface area contributed by atoms with E-state index in [4.69, 9.17) is 0 Å². The van der Waals surface area contributed by atoms with Crippen molar-refractivity contribution in [2.45, 2.75) is 24.5 Å². The van der Waals surface area contributed by atoms with Gasteiger partial charge in [0.25, 0.3) is 0 Å². The summed E-state index contributed by atoms with van der Waals surface area (Å²) in [5, 5.41) is 3.56. The van der Waals surface area contributed by atoms with E-state index in [1.54, 1.807) is 0 Å². The molecule has 1 saturated heterocycles. The Morgan fingerprint density at radius 3 is 2.87 bits per heavy atom. The molecule has 3 nitrogen and oxygen atoms in total. The van der Waals surface area contributed by atoms with Gasteiger partial charge >= 0.3 is 0 Å². The molecular formula is C10H21ClN2OS. The van der Waals surface area contributed by atoms with Crippen LogP contribution in [0.1, 0.15) is 19.3 Å². The predicted molar refractivity (Wildman–Crippen MR) is 68.9 cm³/mol. The number of rotatable bonds is 3. The molecule has 1 atom stereocenters. The zero-order valence-corrected chi connectivity index (χ0v) is 11.1. The van der Waals surface area contributed by atoms with Crippen LogP contribution in [-0.4, -0.2) is 49.0 Å². The summed E-state index contributed by atoms with van der Waals surface area (Å²) in [6.45, 7) is 2.35. The number of likely N-dealkylation sites (N-methyl/N-ethyl adjacent to an activating group) is 1. The lowest BCUT2D eigenvalue weighted by Gasteiger charge is -2.23. The zero-order chi connectivity index (χ0) is 10.4. The first-order chi connectivity index (χ1) is 6.77. The number of carbonyl (C=O) groups is 1. The molecule has 0 bridgehead atoms. The van der Waals surface area contributed by atoms with Gasteiger partial charge in [-0.25, -0.2) is 0 Å². The van der Waals surface area contributed by atoms with Gasteiger partial charge < -0.3 is 10.2 Å². The Kier molecular flexibility index (Phi) is 8.29. The van der Waals surface area contributed by atoms with Crippen LogP contribution in [0.15, 0.2) is 0 Å². The van der Waals surface area contributed by atoms with Crippen LogP contribution < -0.4 is 5.32 Å². The molecule has 0 aromatic carbocycles. The van der Waals surface area contributed by atoms with Gasteiger partial charge in [-0.15, -0.1) is 12.4 Å². The van der Waals surface area contributed by atoms with E-state index in [1.807, 2.05) is 23.7 Å². The molecule has 0 spiro atoms. The van der Waals surface area contributed by atoms with Crippen molar-refractivity contribution in [3.8, 4) is 0 Å². The summed E-state index contributed by atoms with van der Waals surface area (Å²) in [6, 6.07) is 0. The Labute approximate surface area is 103 Å². The molecule has 1 N–H and O–H groups in total. The SMILES string of the molecule is CNCC(=O)N1CCCCC(SC)C1.Cl. The van der Waals surface area contributed by atoms with E-state index in [0.717, 1.165) is 19.5 Å². The van der Waals surface area contributed by atoms with Gasteiger partial charge in [0.2, 0.25) is 5.91 Å². The van der Waals surface area contributed by atoms with Gasteiger partial charge in [0.05, 0.1) is 6.54 Å². The molecule has 0 aliphatic carbocycles. The average Bonchev–Trinajstić information content (AvgIpc) is 2.43. The molecule has 1 fully saturated rings. The van der Waals surface area contributed by atoms with Crippen LogP contribution in [0.4, 0.5) is 0 Å². The molecule has 5 heteroatoms. The second-order valence-corrected chi connectivity index (χ2v) is 4.86. The highest BCUT2D eigenvalue weighted by molar-refractivity contribution is 7.99. The summed E-state index contributed by atoms with van der Waals surface area (Å²) < 4.78 is 0. The van der Waals surface area contributed by atoms with Crippen molar-refractivity contribution < 1.29 is 4.79 Å². The van der Waals surface area contributed by atoms with E-state index in [9.17, 15) is 4.79 Å². The van der Waals surface area contributed by atoms with Gasteiger partial charge in [-0.05, 0) is 26.1 Å². The lowest BCUT2D eigenvalue weighted by atomic mass is 10.2. The maximum absolute atomic E-state index is 11.7. The van der Waals surface area contributed by atoms with Gasteiger partial charge in [0.15, 0.2) is 0 Å². The fourth-order valence-electron chi connectivity index (χ4n) is 1.78. The van der Waals surface area contributed by atoms with Crippen LogP contribution in [-0.2, 0) is 4.79 Å². The van der Waals surface area contributed by atoms with Gasteiger partial charge in [-0.1, -0.05) is 6.42 Å².